The molecule has 0 aromatic carbocycles. The van der Waals surface area contributed by atoms with Gasteiger partial charge in [-0.1, -0.05) is 5.92 Å². The van der Waals surface area contributed by atoms with Gasteiger partial charge in [-0.15, -0.1) is 0 Å². The largest absolute Gasteiger partial charge is 0.330 e. The number of nitrogens with two attached hydrogens (primary N) is 1. The highest BCUT2D eigenvalue weighted by Gasteiger charge is 1.89. The molecule has 1 rings (SSSR count). The van der Waals surface area contributed by atoms with Crippen LogP contribution >= 0.6 is 0 Å². The van der Waals surface area contributed by atoms with Gasteiger partial charge in [0, 0.05) is 32.4 Å². The highest BCUT2D eigenvalue weighted by Crippen LogP contribution is 1.89. The third-order valence-electron chi connectivity index (χ3n) is 1.29. The van der Waals surface area contributed by atoms with Crippen molar-refractivity contribution in [3.05, 3.63) is 18.2 Å². The summed E-state index contributed by atoms with van der Waals surface area (Å²) in [6.45, 7) is 0.609. The van der Waals surface area contributed by atoms with Gasteiger partial charge in [0.2, 0.25) is 0 Å². The van der Waals surface area contributed by atoms with Crippen molar-refractivity contribution in [2.75, 3.05) is 6.54 Å². The average Bonchev–Trinajstić information content (AvgIpc) is 2.37. The molecule has 11 heavy (non-hydrogen) atoms. The summed E-state index contributed by atoms with van der Waals surface area (Å²) in [4.78, 5) is 4.04. The molecule has 58 valence electrons. The summed E-state index contributed by atoms with van der Waals surface area (Å²) in [5.74, 6) is 6.63. The van der Waals surface area contributed by atoms with Gasteiger partial charge in [0.15, 0.2) is 5.82 Å². The van der Waals surface area contributed by atoms with E-state index in [0.717, 1.165) is 12.2 Å². The first-order valence-electron chi connectivity index (χ1n) is 3.51. The van der Waals surface area contributed by atoms with Crippen molar-refractivity contribution in [3.8, 4) is 11.8 Å². The van der Waals surface area contributed by atoms with E-state index in [1.54, 1.807) is 6.20 Å². The van der Waals surface area contributed by atoms with Gasteiger partial charge in [0.1, 0.15) is 0 Å². The first-order chi connectivity index (χ1) is 5.34. The van der Waals surface area contributed by atoms with Crippen LogP contribution in [0.25, 0.3) is 0 Å². The smallest absolute Gasteiger partial charge is 0.185 e. The number of nitrogens with zero attached hydrogens (tertiary/aromatic N) is 2. The minimum absolute atomic E-state index is 0.609. The van der Waals surface area contributed by atoms with Gasteiger partial charge < -0.3 is 10.3 Å². The molecular weight excluding hydrogens is 138 g/mol. The minimum Gasteiger partial charge on any atom is -0.330 e. The monoisotopic (exact) mass is 149 g/mol. The second-order valence-corrected chi connectivity index (χ2v) is 2.20. The molecule has 3 nitrogen and oxygen atoms in total. The maximum atomic E-state index is 5.28. The molecule has 1 aromatic rings. The normalized spacial score (nSPS) is 8.91. The third-order valence-corrected chi connectivity index (χ3v) is 1.29. The van der Waals surface area contributed by atoms with Crippen molar-refractivity contribution < 1.29 is 0 Å². The second kappa shape index (κ2) is 3.79. The lowest BCUT2D eigenvalue weighted by Crippen LogP contribution is -1.96. The first-order valence-corrected chi connectivity index (χ1v) is 3.51. The molecule has 0 aliphatic carbocycles. The maximum Gasteiger partial charge on any atom is 0.185 e. The van der Waals surface area contributed by atoms with Crippen LogP contribution in [-0.2, 0) is 7.05 Å². The fourth-order valence-electron chi connectivity index (χ4n) is 0.700. The Morgan fingerprint density at radius 2 is 2.55 bits per heavy atom. The van der Waals surface area contributed by atoms with Crippen molar-refractivity contribution in [1.29, 1.82) is 0 Å². The molecule has 0 atom stereocenters. The van der Waals surface area contributed by atoms with Gasteiger partial charge in [0.25, 0.3) is 0 Å². The summed E-state index contributed by atoms with van der Waals surface area (Å²) in [5, 5.41) is 0. The van der Waals surface area contributed by atoms with Crippen LogP contribution in [0.5, 0.6) is 0 Å². The highest BCUT2D eigenvalue weighted by atomic mass is 15.0. The molecule has 0 fully saturated rings. The van der Waals surface area contributed by atoms with Gasteiger partial charge in [-0.3, -0.25) is 0 Å². The number of aryl methyl sites for hydroxylation is 1. The lowest BCUT2D eigenvalue weighted by molar-refractivity contribution is 0.892. The molecule has 0 aliphatic heterocycles. The Morgan fingerprint density at radius 3 is 3.09 bits per heavy atom. The number of hydrogen-bond donors (Lipinski definition) is 1. The third kappa shape index (κ3) is 2.10. The Hall–Kier alpha value is -1.27. The van der Waals surface area contributed by atoms with E-state index in [4.69, 9.17) is 5.73 Å². The summed E-state index contributed by atoms with van der Waals surface area (Å²) in [6.07, 6.45) is 4.33. The SMILES string of the molecule is Cn1ccnc1C#CCCN. The lowest BCUT2D eigenvalue weighted by atomic mass is 10.4. The predicted molar refractivity (Wildman–Crippen MR) is 43.8 cm³/mol. The first kappa shape index (κ1) is 7.83. The fraction of sp³-hybridized carbons (Fsp3) is 0.375. The lowest BCUT2D eigenvalue weighted by Gasteiger charge is -1.88. The number of imidazole rings is 1. The minimum atomic E-state index is 0.609. The number of hydrogen-bond acceptors (Lipinski definition) is 2. The Bertz CT molecular complexity index is 277. The Balaban J connectivity index is 2.65. The van der Waals surface area contributed by atoms with Gasteiger partial charge in [-0.25, -0.2) is 4.98 Å². The quantitative estimate of drug-likeness (QED) is 0.576. The molecule has 2 N–H and O–H groups in total. The van der Waals surface area contributed by atoms with E-state index in [1.807, 2.05) is 17.8 Å². The van der Waals surface area contributed by atoms with Crippen LogP contribution in [0, 0.1) is 11.8 Å². The summed E-state index contributed by atoms with van der Waals surface area (Å²) in [5.41, 5.74) is 5.28. The Kier molecular flexibility index (Phi) is 2.70. The van der Waals surface area contributed by atoms with Crippen LogP contribution in [0.3, 0.4) is 0 Å². The van der Waals surface area contributed by atoms with E-state index in [0.29, 0.717) is 6.54 Å². The van der Waals surface area contributed by atoms with Crippen LogP contribution in [0.4, 0.5) is 0 Å². The molecule has 0 saturated carbocycles. The summed E-state index contributed by atoms with van der Waals surface area (Å²) < 4.78 is 1.88. The zero-order valence-corrected chi connectivity index (χ0v) is 6.54. The van der Waals surface area contributed by atoms with Crippen LogP contribution in [0.2, 0.25) is 0 Å². The molecule has 3 heteroatoms. The molecule has 0 aliphatic rings. The van der Waals surface area contributed by atoms with Gasteiger partial charge in [-0.05, 0) is 5.92 Å². The van der Waals surface area contributed by atoms with Crippen molar-refractivity contribution >= 4 is 0 Å². The molecule has 0 amide bonds. The van der Waals surface area contributed by atoms with Crippen molar-refractivity contribution in [3.63, 3.8) is 0 Å². The van der Waals surface area contributed by atoms with Crippen molar-refractivity contribution in [2.45, 2.75) is 6.42 Å². The van der Waals surface area contributed by atoms with Gasteiger partial charge in [-0.2, -0.15) is 0 Å². The maximum absolute atomic E-state index is 5.28. The van der Waals surface area contributed by atoms with Gasteiger partial charge in [0.05, 0.1) is 0 Å². The van der Waals surface area contributed by atoms with E-state index in [1.165, 1.54) is 0 Å². The fourth-order valence-corrected chi connectivity index (χ4v) is 0.700. The molecule has 0 unspecified atom stereocenters. The van der Waals surface area contributed by atoms with Crippen LogP contribution < -0.4 is 5.73 Å². The number of rotatable bonds is 1. The van der Waals surface area contributed by atoms with Crippen molar-refractivity contribution in [1.82, 2.24) is 9.55 Å². The molecule has 0 bridgehead atoms. The van der Waals surface area contributed by atoms with Crippen LogP contribution in [0.1, 0.15) is 12.2 Å². The van der Waals surface area contributed by atoms with E-state index in [-0.39, 0.29) is 0 Å². The summed E-state index contributed by atoms with van der Waals surface area (Å²) >= 11 is 0. The standard InChI is InChI=1S/C8H11N3/c1-11-7-6-10-8(11)4-2-3-5-9/h6-7H,3,5,9H2,1H3. The average molecular weight is 149 g/mol. The zero-order chi connectivity index (χ0) is 8.10. The Morgan fingerprint density at radius 1 is 1.73 bits per heavy atom. The summed E-state index contributed by atoms with van der Waals surface area (Å²) in [7, 11) is 1.92. The van der Waals surface area contributed by atoms with E-state index in [9.17, 15) is 0 Å². The van der Waals surface area contributed by atoms with Crippen molar-refractivity contribution in [2.24, 2.45) is 12.8 Å². The highest BCUT2D eigenvalue weighted by molar-refractivity contribution is 5.21. The predicted octanol–water partition coefficient (Wildman–Crippen LogP) is 0.120. The topological polar surface area (TPSA) is 43.8 Å². The molecule has 1 heterocycles. The molecular formula is C8H11N3. The second-order valence-electron chi connectivity index (χ2n) is 2.20. The van der Waals surface area contributed by atoms with E-state index < -0.39 is 0 Å². The molecule has 0 spiro atoms. The Labute approximate surface area is 66.2 Å². The van der Waals surface area contributed by atoms with E-state index in [2.05, 4.69) is 16.8 Å². The molecule has 0 radical (unpaired) electrons. The molecule has 0 saturated heterocycles. The zero-order valence-electron chi connectivity index (χ0n) is 6.54. The van der Waals surface area contributed by atoms with Crippen LogP contribution in [0.15, 0.2) is 12.4 Å². The molecule has 1 aromatic heterocycles. The van der Waals surface area contributed by atoms with E-state index >= 15 is 0 Å². The van der Waals surface area contributed by atoms with Crippen LogP contribution in [-0.4, -0.2) is 16.1 Å². The summed E-state index contributed by atoms with van der Waals surface area (Å²) in [6, 6.07) is 0. The van der Waals surface area contributed by atoms with Gasteiger partial charge >= 0.3 is 0 Å². The number of aromatic nitrogens is 2.